The first-order chi connectivity index (χ1) is 9.70. The van der Waals surface area contributed by atoms with Crippen molar-refractivity contribution in [3.8, 4) is 0 Å². The molecule has 0 bridgehead atoms. The van der Waals surface area contributed by atoms with Crippen LogP contribution in [0.2, 0.25) is 0 Å². The standard InChI is InChI=1S/C16H18F2N2/c17-14-7-8-16(18)13(11-14)12-20(10-4-9-19)15-5-2-1-3-6-15/h1-3,5-8,11H,4,9-10,12,19H2. The summed E-state index contributed by atoms with van der Waals surface area (Å²) in [4.78, 5) is 2.00. The van der Waals surface area contributed by atoms with Crippen molar-refractivity contribution < 1.29 is 8.78 Å². The molecule has 0 aromatic heterocycles. The molecule has 2 aromatic carbocycles. The number of nitrogens with zero attached hydrogens (tertiary/aromatic N) is 1. The van der Waals surface area contributed by atoms with Gasteiger partial charge in [0.25, 0.3) is 0 Å². The minimum absolute atomic E-state index is 0.327. The molecule has 0 amide bonds. The Morgan fingerprint density at radius 1 is 1.00 bits per heavy atom. The van der Waals surface area contributed by atoms with E-state index >= 15 is 0 Å². The molecule has 0 radical (unpaired) electrons. The SMILES string of the molecule is NCCCN(Cc1cc(F)ccc1F)c1ccccc1. The van der Waals surface area contributed by atoms with Crippen molar-refractivity contribution in [3.05, 3.63) is 65.7 Å². The number of benzene rings is 2. The van der Waals surface area contributed by atoms with Crippen LogP contribution in [0.3, 0.4) is 0 Å². The average Bonchev–Trinajstić information content (AvgIpc) is 2.48. The van der Waals surface area contributed by atoms with Crippen molar-refractivity contribution >= 4 is 5.69 Å². The van der Waals surface area contributed by atoms with E-state index in [0.717, 1.165) is 24.2 Å². The van der Waals surface area contributed by atoms with Gasteiger partial charge in [-0.1, -0.05) is 18.2 Å². The Morgan fingerprint density at radius 3 is 2.45 bits per heavy atom. The normalized spacial score (nSPS) is 10.6. The molecule has 2 nitrogen and oxygen atoms in total. The zero-order valence-corrected chi connectivity index (χ0v) is 11.2. The molecule has 0 unspecified atom stereocenters. The monoisotopic (exact) mass is 276 g/mol. The molecule has 0 atom stereocenters. The molecule has 2 rings (SSSR count). The highest BCUT2D eigenvalue weighted by Gasteiger charge is 2.11. The van der Waals surface area contributed by atoms with E-state index in [2.05, 4.69) is 0 Å². The Labute approximate surface area is 117 Å². The molecular weight excluding hydrogens is 258 g/mol. The summed E-state index contributed by atoms with van der Waals surface area (Å²) in [6.07, 6.45) is 0.797. The Balaban J connectivity index is 2.21. The second kappa shape index (κ2) is 7.01. The van der Waals surface area contributed by atoms with Crippen molar-refractivity contribution in [2.75, 3.05) is 18.0 Å². The Morgan fingerprint density at radius 2 is 1.75 bits per heavy atom. The molecular formula is C16H18F2N2. The number of hydrogen-bond acceptors (Lipinski definition) is 2. The van der Waals surface area contributed by atoms with Gasteiger partial charge in [-0.05, 0) is 43.3 Å². The van der Waals surface area contributed by atoms with E-state index in [1.807, 2.05) is 35.2 Å². The highest BCUT2D eigenvalue weighted by molar-refractivity contribution is 5.46. The number of rotatable bonds is 6. The minimum Gasteiger partial charge on any atom is -0.367 e. The Bertz CT molecular complexity index is 543. The quantitative estimate of drug-likeness (QED) is 0.877. The number of para-hydroxylation sites is 1. The second-order valence-electron chi connectivity index (χ2n) is 4.64. The lowest BCUT2D eigenvalue weighted by molar-refractivity contribution is 0.579. The summed E-state index contributed by atoms with van der Waals surface area (Å²) in [6.45, 7) is 1.60. The summed E-state index contributed by atoms with van der Waals surface area (Å²) >= 11 is 0. The number of anilines is 1. The number of nitrogens with two attached hydrogens (primary N) is 1. The zero-order chi connectivity index (χ0) is 14.4. The highest BCUT2D eigenvalue weighted by Crippen LogP contribution is 2.19. The average molecular weight is 276 g/mol. The molecule has 0 aliphatic rings. The van der Waals surface area contributed by atoms with E-state index in [0.29, 0.717) is 25.2 Å². The Kier molecular flexibility index (Phi) is 5.07. The molecule has 2 aromatic rings. The maximum absolute atomic E-state index is 13.7. The summed E-state index contributed by atoms with van der Waals surface area (Å²) in [7, 11) is 0. The molecule has 2 N–H and O–H groups in total. The molecule has 0 fully saturated rings. The van der Waals surface area contributed by atoms with Crippen LogP contribution in [0.4, 0.5) is 14.5 Å². The maximum atomic E-state index is 13.7. The highest BCUT2D eigenvalue weighted by atomic mass is 19.1. The molecule has 0 heterocycles. The lowest BCUT2D eigenvalue weighted by Crippen LogP contribution is -2.26. The molecule has 20 heavy (non-hydrogen) atoms. The molecule has 4 heteroatoms. The number of halogens is 2. The third-order valence-corrected chi connectivity index (χ3v) is 3.12. The summed E-state index contributed by atoms with van der Waals surface area (Å²) < 4.78 is 27.0. The van der Waals surface area contributed by atoms with Crippen molar-refractivity contribution in [1.29, 1.82) is 0 Å². The first-order valence-corrected chi connectivity index (χ1v) is 6.64. The van der Waals surface area contributed by atoms with Gasteiger partial charge in [0.15, 0.2) is 0 Å². The maximum Gasteiger partial charge on any atom is 0.128 e. The smallest absolute Gasteiger partial charge is 0.128 e. The molecule has 0 aliphatic carbocycles. The molecule has 0 spiro atoms. The van der Waals surface area contributed by atoms with Gasteiger partial charge in [-0.15, -0.1) is 0 Å². The van der Waals surface area contributed by atoms with Crippen molar-refractivity contribution in [2.45, 2.75) is 13.0 Å². The first-order valence-electron chi connectivity index (χ1n) is 6.64. The van der Waals surface area contributed by atoms with E-state index in [4.69, 9.17) is 5.73 Å². The largest absolute Gasteiger partial charge is 0.367 e. The molecule has 106 valence electrons. The van der Waals surface area contributed by atoms with Gasteiger partial charge in [-0.25, -0.2) is 8.78 Å². The summed E-state index contributed by atoms with van der Waals surface area (Å²) in [6, 6.07) is 13.2. The van der Waals surface area contributed by atoms with Gasteiger partial charge in [0.05, 0.1) is 0 Å². The third-order valence-electron chi connectivity index (χ3n) is 3.12. The van der Waals surface area contributed by atoms with Gasteiger partial charge in [-0.3, -0.25) is 0 Å². The van der Waals surface area contributed by atoms with Gasteiger partial charge in [0, 0.05) is 24.3 Å². The van der Waals surface area contributed by atoms with Crippen LogP contribution in [0, 0.1) is 11.6 Å². The molecule has 0 aliphatic heterocycles. The van der Waals surface area contributed by atoms with Crippen LogP contribution in [0.25, 0.3) is 0 Å². The zero-order valence-electron chi connectivity index (χ0n) is 11.2. The second-order valence-corrected chi connectivity index (χ2v) is 4.64. The molecule has 0 saturated heterocycles. The van der Waals surface area contributed by atoms with Crippen LogP contribution in [-0.4, -0.2) is 13.1 Å². The van der Waals surface area contributed by atoms with Crippen LogP contribution in [-0.2, 0) is 6.54 Å². The van der Waals surface area contributed by atoms with Crippen LogP contribution in [0.15, 0.2) is 48.5 Å². The summed E-state index contributed by atoms with van der Waals surface area (Å²) in [5.74, 6) is -0.812. The lowest BCUT2D eigenvalue weighted by Gasteiger charge is -2.25. The van der Waals surface area contributed by atoms with Crippen molar-refractivity contribution in [1.82, 2.24) is 0 Å². The van der Waals surface area contributed by atoms with E-state index in [1.54, 1.807) is 0 Å². The predicted molar refractivity (Wildman–Crippen MR) is 77.5 cm³/mol. The van der Waals surface area contributed by atoms with Crippen molar-refractivity contribution in [2.24, 2.45) is 5.73 Å². The minimum atomic E-state index is -0.423. The van der Waals surface area contributed by atoms with Crippen LogP contribution in [0.5, 0.6) is 0 Å². The van der Waals surface area contributed by atoms with E-state index in [-0.39, 0.29) is 5.82 Å². The van der Waals surface area contributed by atoms with Gasteiger partial charge >= 0.3 is 0 Å². The third kappa shape index (κ3) is 3.78. The van der Waals surface area contributed by atoms with Gasteiger partial charge < -0.3 is 10.6 Å². The topological polar surface area (TPSA) is 29.3 Å². The fourth-order valence-corrected chi connectivity index (χ4v) is 2.09. The first kappa shape index (κ1) is 14.5. The molecule has 0 saturated carbocycles. The van der Waals surface area contributed by atoms with Gasteiger partial charge in [0.1, 0.15) is 11.6 Å². The van der Waals surface area contributed by atoms with Crippen LogP contribution >= 0.6 is 0 Å². The predicted octanol–water partition coefficient (Wildman–Crippen LogP) is 3.32. The van der Waals surface area contributed by atoms with E-state index in [9.17, 15) is 8.78 Å². The van der Waals surface area contributed by atoms with Crippen LogP contribution in [0.1, 0.15) is 12.0 Å². The Hall–Kier alpha value is -1.94. The van der Waals surface area contributed by atoms with Crippen molar-refractivity contribution in [3.63, 3.8) is 0 Å². The van der Waals surface area contributed by atoms with Crippen LogP contribution < -0.4 is 10.6 Å². The van der Waals surface area contributed by atoms with E-state index < -0.39 is 5.82 Å². The van der Waals surface area contributed by atoms with Gasteiger partial charge in [-0.2, -0.15) is 0 Å². The van der Waals surface area contributed by atoms with E-state index in [1.165, 1.54) is 6.07 Å². The number of hydrogen-bond donors (Lipinski definition) is 1. The summed E-state index contributed by atoms with van der Waals surface area (Å²) in [5.41, 5.74) is 6.87. The fourth-order valence-electron chi connectivity index (χ4n) is 2.09. The summed E-state index contributed by atoms with van der Waals surface area (Å²) in [5, 5.41) is 0. The fraction of sp³-hybridized carbons (Fsp3) is 0.250. The lowest BCUT2D eigenvalue weighted by atomic mass is 10.1. The van der Waals surface area contributed by atoms with Gasteiger partial charge in [0.2, 0.25) is 0 Å².